The van der Waals surface area contributed by atoms with Crippen molar-refractivity contribution < 1.29 is 13.9 Å². The molecule has 0 atom stereocenters. The summed E-state index contributed by atoms with van der Waals surface area (Å²) in [4.78, 5) is 11.4. The van der Waals surface area contributed by atoms with Gasteiger partial charge in [0.2, 0.25) is 0 Å². The molecule has 0 spiro atoms. The number of hydrogen-bond donors (Lipinski definition) is 1. The third-order valence-electron chi connectivity index (χ3n) is 2.67. The van der Waals surface area contributed by atoms with Crippen LogP contribution in [-0.2, 0) is 4.74 Å². The molecule has 86 valence electrons. The molecule has 0 saturated heterocycles. The monoisotopic (exact) mass is 223 g/mol. The van der Waals surface area contributed by atoms with E-state index in [-0.39, 0.29) is 5.56 Å². The molecule has 0 aromatic heterocycles. The average Bonchev–Trinajstić information content (AvgIpc) is 3.10. The number of anilines is 1. The molecule has 0 aliphatic heterocycles. The summed E-state index contributed by atoms with van der Waals surface area (Å²) in [5, 5.41) is 3.15. The average molecular weight is 223 g/mol. The van der Waals surface area contributed by atoms with Crippen LogP contribution < -0.4 is 5.32 Å². The molecule has 1 saturated carbocycles. The predicted molar refractivity (Wildman–Crippen MR) is 59.0 cm³/mol. The summed E-state index contributed by atoms with van der Waals surface area (Å²) in [6, 6.07) is 4.10. The van der Waals surface area contributed by atoms with Crippen molar-refractivity contribution in [3.05, 3.63) is 29.6 Å². The van der Waals surface area contributed by atoms with Gasteiger partial charge in [0.05, 0.1) is 12.7 Å². The Labute approximate surface area is 93.6 Å². The summed E-state index contributed by atoms with van der Waals surface area (Å²) < 4.78 is 17.6. The van der Waals surface area contributed by atoms with Crippen LogP contribution in [0.4, 0.5) is 10.1 Å². The third kappa shape index (κ3) is 2.51. The van der Waals surface area contributed by atoms with Crippen LogP contribution in [0.15, 0.2) is 18.2 Å². The van der Waals surface area contributed by atoms with Gasteiger partial charge in [-0.05, 0) is 37.0 Å². The lowest BCUT2D eigenvalue weighted by atomic mass is 10.1. The van der Waals surface area contributed by atoms with Crippen LogP contribution in [0.25, 0.3) is 0 Å². The quantitative estimate of drug-likeness (QED) is 0.797. The molecule has 1 fully saturated rings. The molecule has 0 unspecified atom stereocenters. The predicted octanol–water partition coefficient (Wildman–Crippen LogP) is 2.43. The second-order valence-electron chi connectivity index (χ2n) is 4.01. The zero-order valence-corrected chi connectivity index (χ0v) is 9.13. The zero-order valence-electron chi connectivity index (χ0n) is 9.13. The Balaban J connectivity index is 2.16. The molecule has 1 N–H and O–H groups in total. The van der Waals surface area contributed by atoms with Gasteiger partial charge in [-0.15, -0.1) is 0 Å². The van der Waals surface area contributed by atoms with Gasteiger partial charge in [0.15, 0.2) is 0 Å². The number of benzene rings is 1. The minimum Gasteiger partial charge on any atom is -0.465 e. The Morgan fingerprint density at radius 1 is 1.56 bits per heavy atom. The molecule has 0 bridgehead atoms. The summed E-state index contributed by atoms with van der Waals surface area (Å²) in [6.07, 6.45) is 2.45. The Morgan fingerprint density at radius 3 is 2.94 bits per heavy atom. The summed E-state index contributed by atoms with van der Waals surface area (Å²) in [7, 11) is 1.29. The molecular formula is C12H14FNO2. The Bertz CT molecular complexity index is 402. The normalized spacial score (nSPS) is 14.6. The van der Waals surface area contributed by atoms with Crippen LogP contribution in [-0.4, -0.2) is 19.6 Å². The molecular weight excluding hydrogens is 209 g/mol. The van der Waals surface area contributed by atoms with Crippen molar-refractivity contribution in [1.82, 2.24) is 0 Å². The van der Waals surface area contributed by atoms with E-state index in [1.807, 2.05) is 0 Å². The van der Waals surface area contributed by atoms with E-state index in [9.17, 15) is 9.18 Å². The van der Waals surface area contributed by atoms with Gasteiger partial charge >= 0.3 is 5.97 Å². The van der Waals surface area contributed by atoms with Gasteiger partial charge in [-0.1, -0.05) is 0 Å². The first-order chi connectivity index (χ1) is 7.70. The standard InChI is InChI=1S/C12H14FNO2/c1-16-12(15)10-6-9(13)4-5-11(10)14-7-8-2-3-8/h4-6,8,14H,2-3,7H2,1H3. The lowest BCUT2D eigenvalue weighted by Crippen LogP contribution is -2.10. The van der Waals surface area contributed by atoms with Gasteiger partial charge in [0, 0.05) is 12.2 Å². The second kappa shape index (κ2) is 4.51. The minimum atomic E-state index is -0.516. The number of esters is 1. The number of methoxy groups -OCH3 is 1. The van der Waals surface area contributed by atoms with Crippen LogP contribution >= 0.6 is 0 Å². The number of ether oxygens (including phenoxy) is 1. The van der Waals surface area contributed by atoms with Gasteiger partial charge in [0.25, 0.3) is 0 Å². The molecule has 0 amide bonds. The first-order valence-corrected chi connectivity index (χ1v) is 5.32. The smallest absolute Gasteiger partial charge is 0.340 e. The van der Waals surface area contributed by atoms with Gasteiger partial charge in [0.1, 0.15) is 5.82 Å². The fraction of sp³-hybridized carbons (Fsp3) is 0.417. The maximum atomic E-state index is 13.0. The number of rotatable bonds is 4. The van der Waals surface area contributed by atoms with Crippen molar-refractivity contribution in [2.45, 2.75) is 12.8 Å². The van der Waals surface area contributed by atoms with Crippen LogP contribution in [0.3, 0.4) is 0 Å². The van der Waals surface area contributed by atoms with E-state index in [2.05, 4.69) is 10.1 Å². The van der Waals surface area contributed by atoms with E-state index in [1.54, 1.807) is 6.07 Å². The SMILES string of the molecule is COC(=O)c1cc(F)ccc1NCC1CC1. The lowest BCUT2D eigenvalue weighted by Gasteiger charge is -2.10. The van der Waals surface area contributed by atoms with Gasteiger partial charge < -0.3 is 10.1 Å². The highest BCUT2D eigenvalue weighted by Gasteiger charge is 2.21. The van der Waals surface area contributed by atoms with Gasteiger partial charge in [-0.2, -0.15) is 0 Å². The van der Waals surface area contributed by atoms with Crippen molar-refractivity contribution in [3.8, 4) is 0 Å². The van der Waals surface area contributed by atoms with Gasteiger partial charge in [-0.3, -0.25) is 0 Å². The molecule has 2 rings (SSSR count). The molecule has 3 nitrogen and oxygen atoms in total. The van der Waals surface area contributed by atoms with Crippen LogP contribution in [0.5, 0.6) is 0 Å². The molecule has 1 aromatic rings. The Kier molecular flexibility index (Phi) is 3.08. The van der Waals surface area contributed by atoms with Crippen LogP contribution in [0, 0.1) is 11.7 Å². The molecule has 1 aliphatic rings. The number of hydrogen-bond acceptors (Lipinski definition) is 3. The zero-order chi connectivity index (χ0) is 11.5. The van der Waals surface area contributed by atoms with Crippen molar-refractivity contribution in [2.24, 2.45) is 5.92 Å². The van der Waals surface area contributed by atoms with E-state index in [0.717, 1.165) is 6.54 Å². The third-order valence-corrected chi connectivity index (χ3v) is 2.67. The van der Waals surface area contributed by atoms with Crippen molar-refractivity contribution in [2.75, 3.05) is 19.0 Å². The first-order valence-electron chi connectivity index (χ1n) is 5.32. The minimum absolute atomic E-state index is 0.253. The molecule has 0 radical (unpaired) electrons. The number of carbonyl (C=O) groups is 1. The highest BCUT2D eigenvalue weighted by molar-refractivity contribution is 5.95. The topological polar surface area (TPSA) is 38.3 Å². The van der Waals surface area contributed by atoms with E-state index in [4.69, 9.17) is 0 Å². The Morgan fingerprint density at radius 2 is 2.31 bits per heavy atom. The van der Waals surface area contributed by atoms with Gasteiger partial charge in [-0.25, -0.2) is 9.18 Å². The first kappa shape index (κ1) is 10.9. The van der Waals surface area contributed by atoms with Crippen LogP contribution in [0.2, 0.25) is 0 Å². The molecule has 1 aliphatic carbocycles. The van der Waals surface area contributed by atoms with E-state index < -0.39 is 11.8 Å². The number of carbonyl (C=O) groups excluding carboxylic acids is 1. The van der Waals surface area contributed by atoms with Crippen molar-refractivity contribution in [3.63, 3.8) is 0 Å². The molecule has 1 aromatic carbocycles. The van der Waals surface area contributed by atoms with Crippen molar-refractivity contribution >= 4 is 11.7 Å². The fourth-order valence-corrected chi connectivity index (χ4v) is 1.53. The highest BCUT2D eigenvalue weighted by Crippen LogP contribution is 2.29. The maximum Gasteiger partial charge on any atom is 0.340 e. The van der Waals surface area contributed by atoms with E-state index in [1.165, 1.54) is 32.1 Å². The largest absolute Gasteiger partial charge is 0.465 e. The molecule has 4 heteroatoms. The lowest BCUT2D eigenvalue weighted by molar-refractivity contribution is 0.0601. The van der Waals surface area contributed by atoms with Crippen LogP contribution in [0.1, 0.15) is 23.2 Å². The highest BCUT2D eigenvalue weighted by atomic mass is 19.1. The van der Waals surface area contributed by atoms with E-state index in [0.29, 0.717) is 11.6 Å². The second-order valence-corrected chi connectivity index (χ2v) is 4.01. The maximum absolute atomic E-state index is 13.0. The fourth-order valence-electron chi connectivity index (χ4n) is 1.53. The number of nitrogens with one attached hydrogen (secondary N) is 1. The van der Waals surface area contributed by atoms with E-state index >= 15 is 0 Å². The molecule has 0 heterocycles. The summed E-state index contributed by atoms with van der Waals surface area (Å²) in [5.74, 6) is -0.259. The molecule has 16 heavy (non-hydrogen) atoms. The van der Waals surface area contributed by atoms with Crippen molar-refractivity contribution in [1.29, 1.82) is 0 Å². The number of halogens is 1. The Hall–Kier alpha value is -1.58. The summed E-state index contributed by atoms with van der Waals surface area (Å²) in [5.41, 5.74) is 0.892. The summed E-state index contributed by atoms with van der Waals surface area (Å²) >= 11 is 0. The summed E-state index contributed by atoms with van der Waals surface area (Å²) in [6.45, 7) is 0.829.